The maximum absolute atomic E-state index is 13.5. The van der Waals surface area contributed by atoms with Crippen molar-refractivity contribution < 1.29 is 13.7 Å². The Morgan fingerprint density at radius 1 is 0.926 bits per heavy atom. The molecule has 1 aromatic rings. The van der Waals surface area contributed by atoms with Crippen molar-refractivity contribution in [3.8, 4) is 11.5 Å². The Balaban J connectivity index is 2.20. The number of hydrogen-bond donors (Lipinski definition) is 0. The average Bonchev–Trinajstić information content (AvgIpc) is 3.34. The number of ether oxygens (including phenoxy) is 2. The van der Waals surface area contributed by atoms with Crippen molar-refractivity contribution in [2.45, 2.75) is 93.1 Å². The van der Waals surface area contributed by atoms with Gasteiger partial charge in [-0.1, -0.05) is 33.6 Å². The minimum absolute atomic E-state index is 0.291. The Bertz CT molecular complexity index is 655. The predicted octanol–water partition coefficient (Wildman–Crippen LogP) is 5.60. The molecule has 0 N–H and O–H groups in total. The van der Waals surface area contributed by atoms with Crippen molar-refractivity contribution in [3.05, 3.63) is 12.1 Å². The van der Waals surface area contributed by atoms with Gasteiger partial charge in [-0.3, -0.25) is 4.21 Å². The second kappa shape index (κ2) is 8.82. The molecule has 2 fully saturated rings. The van der Waals surface area contributed by atoms with E-state index >= 15 is 0 Å². The molecule has 152 valence electrons. The topological polar surface area (TPSA) is 35.5 Å². The van der Waals surface area contributed by atoms with E-state index in [1.165, 1.54) is 56.7 Å². The van der Waals surface area contributed by atoms with Crippen molar-refractivity contribution in [2.24, 2.45) is 0 Å². The Morgan fingerprint density at radius 2 is 1.44 bits per heavy atom. The summed E-state index contributed by atoms with van der Waals surface area (Å²) in [4.78, 5) is 0.991. The highest BCUT2D eigenvalue weighted by atomic mass is 32.2. The Kier molecular flexibility index (Phi) is 6.90. The van der Waals surface area contributed by atoms with Gasteiger partial charge in [0.2, 0.25) is 0 Å². The van der Waals surface area contributed by atoms with Gasteiger partial charge in [0, 0.05) is 10.1 Å². The third kappa shape index (κ3) is 4.37. The van der Waals surface area contributed by atoms with E-state index in [4.69, 9.17) is 9.47 Å². The first-order valence-electron chi connectivity index (χ1n) is 10.3. The lowest BCUT2D eigenvalue weighted by Crippen LogP contribution is -2.30. The normalized spacial score (nSPS) is 20.4. The first kappa shape index (κ1) is 21.1. The molecule has 0 radical (unpaired) electrons. The molecular weight excluding hydrogens is 375 g/mol. The molecule has 0 bridgehead atoms. The van der Waals surface area contributed by atoms with Crippen LogP contribution in [0.1, 0.15) is 72.1 Å². The molecule has 0 heterocycles. The van der Waals surface area contributed by atoms with Crippen molar-refractivity contribution in [1.29, 1.82) is 0 Å². The summed E-state index contributed by atoms with van der Waals surface area (Å²) in [6.45, 7) is 6.20. The molecule has 2 saturated carbocycles. The molecule has 5 heteroatoms. The zero-order chi connectivity index (χ0) is 19.6. The molecule has 0 aromatic heterocycles. The number of benzene rings is 1. The smallest absolute Gasteiger partial charge is 0.169 e. The highest BCUT2D eigenvalue weighted by Gasteiger charge is 2.39. The monoisotopic (exact) mass is 410 g/mol. The third-order valence-electron chi connectivity index (χ3n) is 5.93. The van der Waals surface area contributed by atoms with E-state index in [0.717, 1.165) is 27.7 Å². The Hall–Kier alpha value is -0.600. The predicted molar refractivity (Wildman–Crippen MR) is 117 cm³/mol. The van der Waals surface area contributed by atoms with Gasteiger partial charge in [-0.15, -0.1) is 0 Å². The van der Waals surface area contributed by atoms with Crippen LogP contribution in [0.25, 0.3) is 0 Å². The maximum atomic E-state index is 13.5. The van der Waals surface area contributed by atoms with Crippen molar-refractivity contribution in [2.75, 3.05) is 14.2 Å². The number of rotatable bonds is 6. The largest absolute Gasteiger partial charge is 0.493 e. The van der Waals surface area contributed by atoms with E-state index in [9.17, 15) is 4.21 Å². The molecule has 0 spiro atoms. The molecule has 2 aliphatic rings. The van der Waals surface area contributed by atoms with Crippen molar-refractivity contribution in [3.63, 3.8) is 0 Å². The first-order valence-corrected chi connectivity index (χ1v) is 13.0. The molecule has 3 rings (SSSR count). The summed E-state index contributed by atoms with van der Waals surface area (Å²) in [6, 6.07) is 4.00. The molecule has 27 heavy (non-hydrogen) atoms. The molecule has 2 aliphatic carbocycles. The number of methoxy groups -OCH3 is 2. The fourth-order valence-corrected chi connectivity index (χ4v) is 10.3. The van der Waals surface area contributed by atoms with E-state index in [0.29, 0.717) is 0 Å². The van der Waals surface area contributed by atoms with Gasteiger partial charge < -0.3 is 9.47 Å². The van der Waals surface area contributed by atoms with Crippen molar-refractivity contribution >= 4 is 24.0 Å². The van der Waals surface area contributed by atoms with Crippen LogP contribution < -0.4 is 14.8 Å². The van der Waals surface area contributed by atoms with E-state index < -0.39 is 18.7 Å². The second-order valence-electron chi connectivity index (χ2n) is 8.81. The SMILES string of the molecule is COc1ccc([S@](=O)C(C)(C)C)c(P(C2CCCC2)C2CCCC2)c1OC. The van der Waals surface area contributed by atoms with Crippen LogP contribution in [-0.4, -0.2) is 34.5 Å². The minimum Gasteiger partial charge on any atom is -0.493 e. The molecule has 3 nitrogen and oxygen atoms in total. The Labute approximate surface area is 168 Å². The van der Waals surface area contributed by atoms with Gasteiger partial charge in [0.05, 0.1) is 29.9 Å². The van der Waals surface area contributed by atoms with E-state index in [1.807, 2.05) is 6.07 Å². The molecule has 0 saturated heterocycles. The van der Waals surface area contributed by atoms with E-state index in [1.54, 1.807) is 14.2 Å². The quantitative estimate of drug-likeness (QED) is 0.573. The summed E-state index contributed by atoms with van der Waals surface area (Å²) in [5.74, 6) is 1.63. The summed E-state index contributed by atoms with van der Waals surface area (Å²) >= 11 is 0. The van der Waals surface area contributed by atoms with Crippen LogP contribution >= 0.6 is 7.92 Å². The highest BCUT2D eigenvalue weighted by molar-refractivity contribution is 7.87. The van der Waals surface area contributed by atoms with Gasteiger partial charge in [0.15, 0.2) is 11.5 Å². The fraction of sp³-hybridized carbons (Fsp3) is 0.727. The fourth-order valence-electron chi connectivity index (χ4n) is 4.64. The molecule has 0 aliphatic heterocycles. The maximum Gasteiger partial charge on any atom is 0.169 e. The van der Waals surface area contributed by atoms with E-state index in [-0.39, 0.29) is 4.75 Å². The van der Waals surface area contributed by atoms with Crippen LogP contribution in [0.4, 0.5) is 0 Å². The average molecular weight is 411 g/mol. The minimum atomic E-state index is -1.07. The Morgan fingerprint density at radius 3 is 1.85 bits per heavy atom. The van der Waals surface area contributed by atoms with E-state index in [2.05, 4.69) is 26.8 Å². The summed E-state index contributed by atoms with van der Waals surface area (Å²) in [5.41, 5.74) is 1.47. The third-order valence-corrected chi connectivity index (χ3v) is 11.5. The highest BCUT2D eigenvalue weighted by Crippen LogP contribution is 2.59. The van der Waals surface area contributed by atoms with Gasteiger partial charge >= 0.3 is 0 Å². The lowest BCUT2D eigenvalue weighted by Gasteiger charge is -2.34. The zero-order valence-electron chi connectivity index (χ0n) is 17.5. The molecule has 0 unspecified atom stereocenters. The summed E-state index contributed by atoms with van der Waals surface area (Å²) in [6.07, 6.45) is 10.6. The van der Waals surface area contributed by atoms with Gasteiger partial charge in [-0.2, -0.15) is 0 Å². The van der Waals surface area contributed by atoms with Crippen LogP contribution in [0.3, 0.4) is 0 Å². The summed E-state index contributed by atoms with van der Waals surface area (Å²) < 4.78 is 24.8. The summed E-state index contributed by atoms with van der Waals surface area (Å²) in [5, 5.41) is 1.25. The van der Waals surface area contributed by atoms with Crippen LogP contribution in [0.5, 0.6) is 11.5 Å². The molecule has 1 aromatic carbocycles. The molecule has 1 atom stereocenters. The van der Waals surface area contributed by atoms with Crippen LogP contribution in [0.15, 0.2) is 17.0 Å². The molecule has 0 amide bonds. The first-order chi connectivity index (χ1) is 12.9. The standard InChI is InChI=1S/C22H35O3PS/c1-22(2,3)27(23)19-15-14-18(24-4)20(25-5)21(19)26(16-10-6-7-11-16)17-12-8-9-13-17/h14-17H,6-13H2,1-5H3/t27-/m0/s1. The molecular formula is C22H35O3PS. The van der Waals surface area contributed by atoms with Gasteiger partial charge in [0.1, 0.15) is 0 Å². The lowest BCUT2D eigenvalue weighted by atomic mass is 10.3. The van der Waals surface area contributed by atoms with Gasteiger partial charge in [-0.25, -0.2) is 0 Å². The van der Waals surface area contributed by atoms with Crippen molar-refractivity contribution in [1.82, 2.24) is 0 Å². The lowest BCUT2D eigenvalue weighted by molar-refractivity contribution is 0.356. The van der Waals surface area contributed by atoms with Crippen LogP contribution in [0, 0.1) is 0 Å². The zero-order valence-corrected chi connectivity index (χ0v) is 19.3. The number of hydrogen-bond acceptors (Lipinski definition) is 3. The summed E-state index contributed by atoms with van der Waals surface area (Å²) in [7, 11) is 1.96. The van der Waals surface area contributed by atoms with Crippen LogP contribution in [-0.2, 0) is 10.8 Å². The second-order valence-corrected chi connectivity index (χ2v) is 13.7. The van der Waals surface area contributed by atoms with Crippen LogP contribution in [0.2, 0.25) is 0 Å². The van der Waals surface area contributed by atoms with Gasteiger partial charge in [-0.05, 0) is 69.9 Å². The van der Waals surface area contributed by atoms with Gasteiger partial charge in [0.25, 0.3) is 0 Å².